The lowest BCUT2D eigenvalue weighted by atomic mass is 9.89. The van der Waals surface area contributed by atoms with Crippen molar-refractivity contribution in [2.75, 3.05) is 13.7 Å². The topological polar surface area (TPSA) is 65.1 Å². The zero-order chi connectivity index (χ0) is 23.0. The van der Waals surface area contributed by atoms with Gasteiger partial charge in [0, 0.05) is 11.4 Å². The van der Waals surface area contributed by atoms with Crippen molar-refractivity contribution in [3.63, 3.8) is 0 Å². The number of amides is 1. The lowest BCUT2D eigenvalue weighted by molar-refractivity contribution is -0.0588. The Kier molecular flexibility index (Phi) is 6.72. The molecule has 6 nitrogen and oxygen atoms in total. The molecule has 2 heterocycles. The van der Waals surface area contributed by atoms with Crippen molar-refractivity contribution in [2.45, 2.75) is 58.3 Å². The number of fused-ring (bicyclic) bond motifs is 1. The van der Waals surface area contributed by atoms with E-state index < -0.39 is 29.3 Å². The first-order valence-corrected chi connectivity index (χ1v) is 11.7. The Labute approximate surface area is 195 Å². The molecule has 0 N–H and O–H groups in total. The van der Waals surface area contributed by atoms with Crippen molar-refractivity contribution in [3.05, 3.63) is 50.1 Å². The monoisotopic (exact) mass is 509 g/mol. The molecule has 0 bridgehead atoms. The molecule has 31 heavy (non-hydrogen) atoms. The third kappa shape index (κ3) is 5.41. The van der Waals surface area contributed by atoms with Crippen LogP contribution in [0.2, 0.25) is 0 Å². The zero-order valence-corrected chi connectivity index (χ0v) is 21.1. The molecular formula is C23H28BrNO5S. The molecule has 0 spiro atoms. The largest absolute Gasteiger partial charge is 0.497 e. The summed E-state index contributed by atoms with van der Waals surface area (Å²) in [5.41, 5.74) is -0.0498. The number of esters is 1. The minimum atomic E-state index is -0.993. The zero-order valence-electron chi connectivity index (χ0n) is 18.7. The summed E-state index contributed by atoms with van der Waals surface area (Å²) in [6.45, 7) is 9.67. The van der Waals surface area contributed by atoms with E-state index in [4.69, 9.17) is 14.2 Å². The summed E-state index contributed by atoms with van der Waals surface area (Å²) in [6.07, 6.45) is 0.302. The smallest absolute Gasteiger partial charge is 0.410 e. The van der Waals surface area contributed by atoms with Crippen molar-refractivity contribution in [3.8, 4) is 5.75 Å². The molecule has 1 atom stereocenters. The molecule has 0 saturated heterocycles. The van der Waals surface area contributed by atoms with Crippen LogP contribution in [0.3, 0.4) is 0 Å². The fourth-order valence-corrected chi connectivity index (χ4v) is 5.66. The summed E-state index contributed by atoms with van der Waals surface area (Å²) in [4.78, 5) is 28.7. The second-order valence-electron chi connectivity index (χ2n) is 8.99. The number of carbonyl (C=O) groups excluding carboxylic acids is 2. The molecule has 0 saturated carbocycles. The second-order valence-corrected chi connectivity index (χ2v) is 11.5. The highest BCUT2D eigenvalue weighted by molar-refractivity contribution is 9.11. The van der Waals surface area contributed by atoms with Crippen LogP contribution in [-0.2, 0) is 15.9 Å². The van der Waals surface area contributed by atoms with Crippen LogP contribution in [0.15, 0.2) is 34.1 Å². The number of carbonyl (C=O) groups is 2. The molecular weight excluding hydrogens is 482 g/mol. The Bertz CT molecular complexity index is 961. The summed E-state index contributed by atoms with van der Waals surface area (Å²) in [5, 5.41) is 0. The predicted octanol–water partition coefficient (Wildman–Crippen LogP) is 5.99. The SMILES string of the molecule is COc1ccc(C(=O)OC(C)(C)C2c3sc(Br)cc3CCN2C(=O)OC(C)(C)C)cc1. The van der Waals surface area contributed by atoms with Gasteiger partial charge in [-0.05, 0) is 92.9 Å². The van der Waals surface area contributed by atoms with Gasteiger partial charge in [-0.2, -0.15) is 0 Å². The molecule has 168 valence electrons. The number of thiophene rings is 1. The van der Waals surface area contributed by atoms with E-state index in [0.29, 0.717) is 17.9 Å². The molecule has 1 aromatic carbocycles. The number of nitrogens with zero attached hydrogens (tertiary/aromatic N) is 1. The van der Waals surface area contributed by atoms with Crippen LogP contribution in [0.25, 0.3) is 0 Å². The average Bonchev–Trinajstić information content (AvgIpc) is 3.05. The van der Waals surface area contributed by atoms with Gasteiger partial charge in [-0.1, -0.05) is 0 Å². The molecule has 1 aromatic heterocycles. The molecule has 3 rings (SSSR count). The summed E-state index contributed by atoms with van der Waals surface area (Å²) in [5.74, 6) is 0.201. The highest BCUT2D eigenvalue weighted by Crippen LogP contribution is 2.45. The first kappa shape index (κ1) is 23.6. The molecule has 0 radical (unpaired) electrons. The highest BCUT2D eigenvalue weighted by atomic mass is 79.9. The number of methoxy groups -OCH3 is 1. The fraction of sp³-hybridized carbons (Fsp3) is 0.478. The minimum absolute atomic E-state index is 0.416. The van der Waals surface area contributed by atoms with Crippen molar-refractivity contribution in [2.24, 2.45) is 0 Å². The maximum Gasteiger partial charge on any atom is 0.410 e. The van der Waals surface area contributed by atoms with Gasteiger partial charge in [0.05, 0.1) is 16.5 Å². The number of hydrogen-bond acceptors (Lipinski definition) is 6. The summed E-state index contributed by atoms with van der Waals surface area (Å²) in [7, 11) is 1.57. The molecule has 1 aliphatic heterocycles. The Morgan fingerprint density at radius 2 is 1.74 bits per heavy atom. The van der Waals surface area contributed by atoms with Crippen LogP contribution in [0.1, 0.15) is 61.5 Å². The molecule has 1 amide bonds. The Morgan fingerprint density at radius 3 is 2.32 bits per heavy atom. The molecule has 1 unspecified atom stereocenters. The van der Waals surface area contributed by atoms with E-state index in [9.17, 15) is 9.59 Å². The van der Waals surface area contributed by atoms with E-state index in [0.717, 1.165) is 20.6 Å². The lowest BCUT2D eigenvalue weighted by Crippen LogP contribution is -2.51. The van der Waals surface area contributed by atoms with Gasteiger partial charge in [-0.25, -0.2) is 9.59 Å². The second kappa shape index (κ2) is 8.82. The van der Waals surface area contributed by atoms with Crippen molar-refractivity contribution >= 4 is 39.3 Å². The molecule has 0 aliphatic carbocycles. The van der Waals surface area contributed by atoms with E-state index in [1.807, 2.05) is 34.6 Å². The van der Waals surface area contributed by atoms with Crippen LogP contribution in [0, 0.1) is 0 Å². The summed E-state index contributed by atoms with van der Waals surface area (Å²) in [6, 6.07) is 8.36. The van der Waals surface area contributed by atoms with Gasteiger partial charge in [0.2, 0.25) is 0 Å². The summed E-state index contributed by atoms with van der Waals surface area (Å²) < 4.78 is 17.8. The van der Waals surface area contributed by atoms with Crippen molar-refractivity contribution in [1.82, 2.24) is 4.90 Å². The van der Waals surface area contributed by atoms with Gasteiger partial charge in [0.15, 0.2) is 0 Å². The predicted molar refractivity (Wildman–Crippen MR) is 124 cm³/mol. The van der Waals surface area contributed by atoms with Crippen LogP contribution in [-0.4, -0.2) is 41.8 Å². The number of halogens is 1. The third-order valence-electron chi connectivity index (χ3n) is 4.96. The number of rotatable bonds is 4. The van der Waals surface area contributed by atoms with E-state index in [-0.39, 0.29) is 0 Å². The maximum atomic E-state index is 13.1. The van der Waals surface area contributed by atoms with Gasteiger partial charge in [-0.15, -0.1) is 11.3 Å². The molecule has 2 aromatic rings. The van der Waals surface area contributed by atoms with Crippen LogP contribution < -0.4 is 4.74 Å². The van der Waals surface area contributed by atoms with Crippen molar-refractivity contribution < 1.29 is 23.8 Å². The minimum Gasteiger partial charge on any atom is -0.497 e. The first-order chi connectivity index (χ1) is 14.4. The number of ether oxygens (including phenoxy) is 3. The lowest BCUT2D eigenvalue weighted by Gasteiger charge is -2.44. The quantitative estimate of drug-likeness (QED) is 0.473. The van der Waals surface area contributed by atoms with E-state index in [1.165, 1.54) is 0 Å². The van der Waals surface area contributed by atoms with Crippen LogP contribution >= 0.6 is 27.3 Å². The van der Waals surface area contributed by atoms with Crippen LogP contribution in [0.5, 0.6) is 5.75 Å². The standard InChI is InChI=1S/C23H28BrNO5S/c1-22(2,3)30-21(27)25-12-11-15-13-17(24)31-18(15)19(25)23(4,5)29-20(26)14-7-9-16(28-6)10-8-14/h7-10,13,19H,11-12H2,1-6H3. The Morgan fingerprint density at radius 1 is 1.10 bits per heavy atom. The van der Waals surface area contributed by atoms with E-state index in [1.54, 1.807) is 47.6 Å². The summed E-state index contributed by atoms with van der Waals surface area (Å²) >= 11 is 5.11. The average molecular weight is 510 g/mol. The van der Waals surface area contributed by atoms with Gasteiger partial charge < -0.3 is 14.2 Å². The normalized spacial score (nSPS) is 16.5. The van der Waals surface area contributed by atoms with E-state index in [2.05, 4.69) is 22.0 Å². The Hall–Kier alpha value is -2.06. The van der Waals surface area contributed by atoms with E-state index >= 15 is 0 Å². The van der Waals surface area contributed by atoms with Gasteiger partial charge in [-0.3, -0.25) is 4.90 Å². The van der Waals surface area contributed by atoms with Crippen molar-refractivity contribution in [1.29, 1.82) is 0 Å². The molecule has 0 fully saturated rings. The highest BCUT2D eigenvalue weighted by Gasteiger charge is 2.46. The number of benzene rings is 1. The molecule has 8 heteroatoms. The van der Waals surface area contributed by atoms with Gasteiger partial charge in [0.1, 0.15) is 23.0 Å². The first-order valence-electron chi connectivity index (χ1n) is 10.1. The van der Waals surface area contributed by atoms with Gasteiger partial charge >= 0.3 is 12.1 Å². The molecule has 1 aliphatic rings. The third-order valence-corrected chi connectivity index (χ3v) is 6.69. The maximum absolute atomic E-state index is 13.1. The van der Waals surface area contributed by atoms with Gasteiger partial charge in [0.25, 0.3) is 0 Å². The number of hydrogen-bond donors (Lipinski definition) is 0. The fourth-order valence-electron chi connectivity index (χ4n) is 3.64. The Balaban J connectivity index is 1.92. The van der Waals surface area contributed by atoms with Crippen LogP contribution in [0.4, 0.5) is 4.79 Å².